The third-order valence-electron chi connectivity index (χ3n) is 3.20. The molecule has 17 heavy (non-hydrogen) atoms. The van der Waals surface area contributed by atoms with Crippen LogP contribution in [0.25, 0.3) is 0 Å². The van der Waals surface area contributed by atoms with Crippen molar-refractivity contribution in [3.05, 3.63) is 0 Å². The second kappa shape index (κ2) is 5.71. The molecule has 0 aromatic heterocycles. The first kappa shape index (κ1) is 14.3. The molecule has 1 N–H and O–H groups in total. The zero-order chi connectivity index (χ0) is 13.1. The van der Waals surface area contributed by atoms with Crippen LogP contribution in [0.1, 0.15) is 32.6 Å². The lowest BCUT2D eigenvalue weighted by atomic mass is 9.92. The molecule has 1 rings (SSSR count). The first-order chi connectivity index (χ1) is 7.79. The molecule has 0 aromatic carbocycles. The van der Waals surface area contributed by atoms with Crippen molar-refractivity contribution < 1.29 is 23.1 Å². The molecule has 3 nitrogen and oxygen atoms in total. The van der Waals surface area contributed by atoms with Gasteiger partial charge in [0.1, 0.15) is 0 Å². The lowest BCUT2D eigenvalue weighted by Crippen LogP contribution is -2.41. The summed E-state index contributed by atoms with van der Waals surface area (Å²) < 4.78 is 35.8. The van der Waals surface area contributed by atoms with Gasteiger partial charge in [0, 0.05) is 19.5 Å². The molecule has 1 atom stereocenters. The minimum Gasteiger partial charge on any atom is -0.393 e. The molecule has 0 aliphatic carbocycles. The Balaban J connectivity index is 2.31. The molecule has 6 heteroatoms. The number of alkyl halides is 3. The number of carbonyl (C=O) groups is 1. The third-order valence-corrected chi connectivity index (χ3v) is 3.20. The number of amides is 1. The Morgan fingerprint density at radius 3 is 2.35 bits per heavy atom. The van der Waals surface area contributed by atoms with Gasteiger partial charge in [-0.05, 0) is 25.7 Å². The number of rotatable bonds is 3. The number of aliphatic hydroxyl groups excluding tert-OH is 1. The summed E-state index contributed by atoms with van der Waals surface area (Å²) in [6.45, 7) is 2.60. The van der Waals surface area contributed by atoms with E-state index < -0.39 is 31.0 Å². The maximum atomic E-state index is 11.9. The predicted octanol–water partition coefficient (Wildman–Crippen LogP) is 1.95. The summed E-state index contributed by atoms with van der Waals surface area (Å²) >= 11 is 0. The van der Waals surface area contributed by atoms with Gasteiger partial charge in [0.05, 0.1) is 12.5 Å². The van der Waals surface area contributed by atoms with Crippen molar-refractivity contribution in [1.29, 1.82) is 0 Å². The average Bonchev–Trinajstić information content (AvgIpc) is 2.25. The molecule has 1 amide bonds. The summed E-state index contributed by atoms with van der Waals surface area (Å²) in [5.41, 5.74) is 0. The van der Waals surface area contributed by atoms with E-state index in [2.05, 4.69) is 0 Å². The van der Waals surface area contributed by atoms with Gasteiger partial charge in [0.2, 0.25) is 5.91 Å². The van der Waals surface area contributed by atoms with E-state index in [0.717, 1.165) is 0 Å². The number of hydrogen-bond donors (Lipinski definition) is 1. The molecule has 0 aromatic rings. The van der Waals surface area contributed by atoms with Crippen LogP contribution in [0.4, 0.5) is 13.2 Å². The monoisotopic (exact) mass is 253 g/mol. The molecule has 1 aliphatic rings. The summed E-state index contributed by atoms with van der Waals surface area (Å²) in [6, 6.07) is 0. The Bertz CT molecular complexity index is 258. The Labute approximate surface area is 98.6 Å². The molecule has 1 fully saturated rings. The molecule has 0 saturated carbocycles. The van der Waals surface area contributed by atoms with Crippen LogP contribution in [0.2, 0.25) is 0 Å². The van der Waals surface area contributed by atoms with E-state index in [1.54, 1.807) is 6.92 Å². The molecule has 0 radical (unpaired) electrons. The van der Waals surface area contributed by atoms with E-state index in [1.165, 1.54) is 4.90 Å². The largest absolute Gasteiger partial charge is 0.393 e. The summed E-state index contributed by atoms with van der Waals surface area (Å²) in [4.78, 5) is 12.9. The van der Waals surface area contributed by atoms with Crippen molar-refractivity contribution in [2.45, 2.75) is 44.9 Å². The number of carbonyl (C=O) groups excluding carboxylic acids is 1. The Morgan fingerprint density at radius 1 is 1.41 bits per heavy atom. The average molecular weight is 253 g/mol. The van der Waals surface area contributed by atoms with E-state index >= 15 is 0 Å². The SMILES string of the molecule is CC(O)C1CCN(C(=O)CCC(F)(F)F)CC1. The minimum atomic E-state index is -4.27. The normalized spacial score (nSPS) is 20.4. The second-order valence-corrected chi connectivity index (χ2v) is 4.57. The van der Waals surface area contributed by atoms with Crippen LogP contribution in [-0.2, 0) is 4.79 Å². The fraction of sp³-hybridized carbons (Fsp3) is 0.909. The van der Waals surface area contributed by atoms with Crippen molar-refractivity contribution in [3.8, 4) is 0 Å². The Morgan fingerprint density at radius 2 is 1.94 bits per heavy atom. The number of likely N-dealkylation sites (tertiary alicyclic amines) is 1. The number of aliphatic hydroxyl groups is 1. The summed E-state index contributed by atoms with van der Waals surface area (Å²) in [7, 11) is 0. The smallest absolute Gasteiger partial charge is 0.389 e. The van der Waals surface area contributed by atoms with E-state index in [4.69, 9.17) is 0 Å². The standard InChI is InChI=1S/C11H18F3NO2/c1-8(16)9-3-6-15(7-4-9)10(17)2-5-11(12,13)14/h8-9,16H,2-7H2,1H3. The van der Waals surface area contributed by atoms with Gasteiger partial charge in [-0.25, -0.2) is 0 Å². The number of nitrogens with zero attached hydrogens (tertiary/aromatic N) is 1. The van der Waals surface area contributed by atoms with Crippen LogP contribution >= 0.6 is 0 Å². The van der Waals surface area contributed by atoms with Gasteiger partial charge in [0.25, 0.3) is 0 Å². The van der Waals surface area contributed by atoms with Crippen LogP contribution in [-0.4, -0.2) is 41.3 Å². The molecular weight excluding hydrogens is 235 g/mol. The highest BCUT2D eigenvalue weighted by Gasteiger charge is 2.30. The molecule has 1 heterocycles. The quantitative estimate of drug-likeness (QED) is 0.835. The third kappa shape index (κ3) is 4.93. The zero-order valence-corrected chi connectivity index (χ0v) is 9.83. The van der Waals surface area contributed by atoms with Crippen LogP contribution in [0.15, 0.2) is 0 Å². The predicted molar refractivity (Wildman–Crippen MR) is 56.3 cm³/mol. The van der Waals surface area contributed by atoms with E-state index in [-0.39, 0.29) is 5.92 Å². The van der Waals surface area contributed by atoms with Crippen LogP contribution < -0.4 is 0 Å². The maximum absolute atomic E-state index is 11.9. The first-order valence-corrected chi connectivity index (χ1v) is 5.82. The summed E-state index contributed by atoms with van der Waals surface area (Å²) in [5.74, 6) is -0.284. The molecule has 0 spiro atoms. The molecule has 0 bridgehead atoms. The number of hydrogen-bond acceptors (Lipinski definition) is 2. The van der Waals surface area contributed by atoms with Gasteiger partial charge < -0.3 is 10.0 Å². The van der Waals surface area contributed by atoms with E-state index in [9.17, 15) is 23.1 Å². The van der Waals surface area contributed by atoms with E-state index in [0.29, 0.717) is 25.9 Å². The fourth-order valence-corrected chi connectivity index (χ4v) is 2.04. The van der Waals surface area contributed by atoms with Crippen molar-refractivity contribution in [2.24, 2.45) is 5.92 Å². The molecule has 1 unspecified atom stereocenters. The van der Waals surface area contributed by atoms with Gasteiger partial charge in [0.15, 0.2) is 0 Å². The Hall–Kier alpha value is -0.780. The second-order valence-electron chi connectivity index (χ2n) is 4.57. The number of piperidine rings is 1. The first-order valence-electron chi connectivity index (χ1n) is 5.82. The van der Waals surface area contributed by atoms with Crippen molar-refractivity contribution in [2.75, 3.05) is 13.1 Å². The summed E-state index contributed by atoms with van der Waals surface area (Å²) in [6.07, 6.45) is -4.88. The van der Waals surface area contributed by atoms with Crippen LogP contribution in [0.3, 0.4) is 0 Å². The van der Waals surface area contributed by atoms with Crippen molar-refractivity contribution in [3.63, 3.8) is 0 Å². The maximum Gasteiger partial charge on any atom is 0.389 e. The highest BCUT2D eigenvalue weighted by molar-refractivity contribution is 5.76. The van der Waals surface area contributed by atoms with Crippen molar-refractivity contribution >= 4 is 5.91 Å². The van der Waals surface area contributed by atoms with Gasteiger partial charge in [-0.1, -0.05) is 0 Å². The van der Waals surface area contributed by atoms with Crippen molar-refractivity contribution in [1.82, 2.24) is 4.90 Å². The molecular formula is C11H18F3NO2. The van der Waals surface area contributed by atoms with Crippen LogP contribution in [0.5, 0.6) is 0 Å². The molecule has 100 valence electrons. The van der Waals surface area contributed by atoms with Crippen LogP contribution in [0, 0.1) is 5.92 Å². The van der Waals surface area contributed by atoms with Gasteiger partial charge in [-0.3, -0.25) is 4.79 Å². The van der Waals surface area contributed by atoms with Gasteiger partial charge in [-0.15, -0.1) is 0 Å². The summed E-state index contributed by atoms with van der Waals surface area (Å²) in [5, 5.41) is 9.36. The minimum absolute atomic E-state index is 0.154. The Kier molecular flexibility index (Phi) is 4.80. The number of halogens is 3. The highest BCUT2D eigenvalue weighted by atomic mass is 19.4. The van der Waals surface area contributed by atoms with Gasteiger partial charge >= 0.3 is 6.18 Å². The lowest BCUT2D eigenvalue weighted by molar-refractivity contribution is -0.150. The van der Waals surface area contributed by atoms with E-state index in [1.807, 2.05) is 0 Å². The molecule has 1 aliphatic heterocycles. The zero-order valence-electron chi connectivity index (χ0n) is 9.83. The lowest BCUT2D eigenvalue weighted by Gasteiger charge is -2.33. The fourth-order valence-electron chi connectivity index (χ4n) is 2.04. The van der Waals surface area contributed by atoms with Gasteiger partial charge in [-0.2, -0.15) is 13.2 Å². The highest BCUT2D eigenvalue weighted by Crippen LogP contribution is 2.24. The topological polar surface area (TPSA) is 40.5 Å². The molecule has 1 saturated heterocycles.